The molecule has 0 aromatic heterocycles. The zero-order valence-corrected chi connectivity index (χ0v) is 10.8. The van der Waals surface area contributed by atoms with E-state index in [9.17, 15) is 9.00 Å². The van der Waals surface area contributed by atoms with E-state index in [1.54, 1.807) is 5.37 Å². The van der Waals surface area contributed by atoms with Gasteiger partial charge in [-0.25, -0.2) is 4.21 Å². The Morgan fingerprint density at radius 1 is 1.39 bits per heavy atom. The van der Waals surface area contributed by atoms with Gasteiger partial charge in [0.1, 0.15) is 5.75 Å². The average molecular weight is 265 g/mol. The molecule has 0 fully saturated rings. The summed E-state index contributed by atoms with van der Waals surface area (Å²) in [5, 5.41) is 4.46. The normalized spacial score (nSPS) is 13.4. The molecule has 0 aliphatic carbocycles. The lowest BCUT2D eigenvalue weighted by molar-refractivity contribution is -0.116. The first-order valence-electron chi connectivity index (χ1n) is 5.95. The molecule has 0 saturated carbocycles. The Morgan fingerprint density at radius 2 is 2.28 bits per heavy atom. The summed E-state index contributed by atoms with van der Waals surface area (Å²) in [6.07, 6.45) is 2.89. The fourth-order valence-electron chi connectivity index (χ4n) is 1.85. The minimum absolute atomic E-state index is 0.0711. The van der Waals surface area contributed by atoms with Gasteiger partial charge in [-0.1, -0.05) is 0 Å². The van der Waals surface area contributed by atoms with Crippen LogP contribution in [-0.2, 0) is 22.5 Å². The highest BCUT2D eigenvalue weighted by molar-refractivity contribution is 7.64. The zero-order valence-electron chi connectivity index (χ0n) is 9.98. The molecule has 4 nitrogen and oxygen atoms in total. The minimum atomic E-state index is 0.0711. The SMILES string of the molecule is O=S=CCCCOc1ccc2c(c1)CCC(=O)N2. The minimum Gasteiger partial charge on any atom is -0.494 e. The van der Waals surface area contributed by atoms with Crippen molar-refractivity contribution < 1.29 is 13.7 Å². The summed E-state index contributed by atoms with van der Waals surface area (Å²) in [6, 6.07) is 5.71. The van der Waals surface area contributed by atoms with Crippen molar-refractivity contribution in [1.29, 1.82) is 0 Å². The molecule has 1 aliphatic heterocycles. The van der Waals surface area contributed by atoms with Gasteiger partial charge in [0, 0.05) is 17.5 Å². The molecular formula is C13H15NO3S. The second-order valence-electron chi connectivity index (χ2n) is 4.12. The van der Waals surface area contributed by atoms with Gasteiger partial charge in [0.15, 0.2) is 0 Å². The van der Waals surface area contributed by atoms with Crippen LogP contribution in [0.3, 0.4) is 0 Å². The van der Waals surface area contributed by atoms with Crippen LogP contribution >= 0.6 is 0 Å². The van der Waals surface area contributed by atoms with E-state index in [4.69, 9.17) is 4.74 Å². The molecule has 1 aliphatic rings. The van der Waals surface area contributed by atoms with Crippen LogP contribution in [-0.4, -0.2) is 22.1 Å². The molecule has 5 heteroatoms. The highest BCUT2D eigenvalue weighted by atomic mass is 32.1. The summed E-state index contributed by atoms with van der Waals surface area (Å²) < 4.78 is 15.7. The molecule has 0 bridgehead atoms. The third-order valence-corrected chi connectivity index (χ3v) is 3.15. The van der Waals surface area contributed by atoms with Crippen LogP contribution in [0.15, 0.2) is 18.2 Å². The fraction of sp³-hybridized carbons (Fsp3) is 0.385. The number of carbonyl (C=O) groups is 1. The van der Waals surface area contributed by atoms with Crippen LogP contribution in [0.4, 0.5) is 5.69 Å². The van der Waals surface area contributed by atoms with Crippen LogP contribution in [0.2, 0.25) is 0 Å². The third-order valence-electron chi connectivity index (χ3n) is 2.78. The van der Waals surface area contributed by atoms with E-state index >= 15 is 0 Å². The van der Waals surface area contributed by atoms with E-state index in [1.165, 1.54) is 0 Å². The van der Waals surface area contributed by atoms with E-state index in [0.29, 0.717) is 24.3 Å². The van der Waals surface area contributed by atoms with Crippen molar-refractivity contribution in [3.05, 3.63) is 23.8 Å². The highest BCUT2D eigenvalue weighted by Crippen LogP contribution is 2.26. The van der Waals surface area contributed by atoms with Crippen molar-refractivity contribution in [1.82, 2.24) is 0 Å². The molecule has 0 unspecified atom stereocenters. The molecule has 0 radical (unpaired) electrons. The molecule has 0 saturated heterocycles. The Bertz CT molecular complexity index is 495. The molecule has 2 rings (SSSR count). The second kappa shape index (κ2) is 6.35. The average Bonchev–Trinajstić information content (AvgIpc) is 2.38. The van der Waals surface area contributed by atoms with Gasteiger partial charge < -0.3 is 10.1 Å². The molecule has 1 amide bonds. The number of anilines is 1. The maximum absolute atomic E-state index is 11.2. The molecule has 1 heterocycles. The number of hydrogen-bond donors (Lipinski definition) is 1. The predicted molar refractivity (Wildman–Crippen MR) is 72.3 cm³/mol. The molecule has 18 heavy (non-hydrogen) atoms. The number of amides is 1. The van der Waals surface area contributed by atoms with Crippen LogP contribution in [0.1, 0.15) is 24.8 Å². The number of carbonyl (C=O) groups excluding carboxylic acids is 1. The van der Waals surface area contributed by atoms with Gasteiger partial charge in [-0.15, -0.1) is 0 Å². The number of nitrogens with one attached hydrogen (secondary N) is 1. The van der Waals surface area contributed by atoms with Crippen molar-refractivity contribution >= 4 is 28.2 Å². The molecular weight excluding hydrogens is 250 g/mol. The first-order valence-corrected chi connectivity index (χ1v) is 6.76. The summed E-state index contributed by atoms with van der Waals surface area (Å²) in [6.45, 7) is 0.599. The lowest BCUT2D eigenvalue weighted by atomic mass is 10.0. The van der Waals surface area contributed by atoms with E-state index in [-0.39, 0.29) is 5.91 Å². The number of rotatable bonds is 5. The van der Waals surface area contributed by atoms with Crippen molar-refractivity contribution in [2.75, 3.05) is 11.9 Å². The van der Waals surface area contributed by atoms with Gasteiger partial charge in [-0.3, -0.25) is 4.79 Å². The van der Waals surface area contributed by atoms with E-state index in [2.05, 4.69) is 5.32 Å². The Hall–Kier alpha value is -1.62. The number of unbranched alkanes of at least 4 members (excludes halogenated alkanes) is 1. The van der Waals surface area contributed by atoms with Gasteiger partial charge >= 0.3 is 0 Å². The maximum Gasteiger partial charge on any atom is 0.224 e. The fourth-order valence-corrected chi connectivity index (χ4v) is 2.12. The van der Waals surface area contributed by atoms with E-state index in [0.717, 1.165) is 36.3 Å². The van der Waals surface area contributed by atoms with Gasteiger partial charge in [-0.2, -0.15) is 0 Å². The Morgan fingerprint density at radius 3 is 3.11 bits per heavy atom. The van der Waals surface area contributed by atoms with Crippen molar-refractivity contribution in [2.24, 2.45) is 0 Å². The number of hydrogen-bond acceptors (Lipinski definition) is 3. The first-order chi connectivity index (χ1) is 8.79. The lowest BCUT2D eigenvalue weighted by Crippen LogP contribution is -2.18. The number of ether oxygens (including phenoxy) is 1. The molecule has 0 spiro atoms. The van der Waals surface area contributed by atoms with Crippen LogP contribution in [0.5, 0.6) is 5.75 Å². The summed E-state index contributed by atoms with van der Waals surface area (Å²) >= 11 is 0.496. The molecule has 0 atom stereocenters. The monoisotopic (exact) mass is 265 g/mol. The molecule has 96 valence electrons. The lowest BCUT2D eigenvalue weighted by Gasteiger charge is -2.17. The number of aryl methyl sites for hydroxylation is 1. The van der Waals surface area contributed by atoms with Crippen LogP contribution in [0.25, 0.3) is 0 Å². The Labute approximate surface area is 109 Å². The van der Waals surface area contributed by atoms with Crippen LogP contribution in [0, 0.1) is 0 Å². The summed E-state index contributed by atoms with van der Waals surface area (Å²) in [7, 11) is 0. The standard InChI is InChI=1S/C13H15NO3S/c15-13-6-3-10-9-11(4-5-12(10)14-13)17-7-1-2-8-18-16/h4-5,8-9H,1-3,6-7H2,(H,14,15). The zero-order chi connectivity index (χ0) is 12.8. The van der Waals surface area contributed by atoms with Gasteiger partial charge in [-0.05, 0) is 43.0 Å². The van der Waals surface area contributed by atoms with Gasteiger partial charge in [0.2, 0.25) is 5.91 Å². The predicted octanol–water partition coefficient (Wildman–Crippen LogP) is 1.75. The van der Waals surface area contributed by atoms with Gasteiger partial charge in [0.05, 0.1) is 17.9 Å². The summed E-state index contributed by atoms with van der Waals surface area (Å²) in [5.74, 6) is 0.890. The molecule has 1 N–H and O–H groups in total. The molecule has 1 aromatic rings. The molecule has 1 aromatic carbocycles. The van der Waals surface area contributed by atoms with Crippen LogP contribution < -0.4 is 10.1 Å². The third kappa shape index (κ3) is 3.43. The largest absolute Gasteiger partial charge is 0.494 e. The highest BCUT2D eigenvalue weighted by Gasteiger charge is 2.14. The van der Waals surface area contributed by atoms with E-state index in [1.807, 2.05) is 18.2 Å². The maximum atomic E-state index is 11.2. The Balaban J connectivity index is 1.90. The van der Waals surface area contributed by atoms with Crippen molar-refractivity contribution in [2.45, 2.75) is 25.7 Å². The quantitative estimate of drug-likeness (QED) is 0.652. The summed E-state index contributed by atoms with van der Waals surface area (Å²) in [4.78, 5) is 11.2. The van der Waals surface area contributed by atoms with Crippen molar-refractivity contribution in [3.63, 3.8) is 0 Å². The number of benzene rings is 1. The second-order valence-corrected chi connectivity index (χ2v) is 4.65. The summed E-state index contributed by atoms with van der Waals surface area (Å²) in [5.41, 5.74) is 2.00. The first kappa shape index (κ1) is 12.8. The topological polar surface area (TPSA) is 55.4 Å². The number of fused-ring (bicyclic) bond motifs is 1. The van der Waals surface area contributed by atoms with Gasteiger partial charge in [0.25, 0.3) is 0 Å². The van der Waals surface area contributed by atoms with E-state index < -0.39 is 0 Å². The Kier molecular flexibility index (Phi) is 4.52. The van der Waals surface area contributed by atoms with Crippen molar-refractivity contribution in [3.8, 4) is 5.75 Å². The smallest absolute Gasteiger partial charge is 0.224 e.